The van der Waals surface area contributed by atoms with Crippen molar-refractivity contribution in [3.05, 3.63) is 16.0 Å². The highest BCUT2D eigenvalue weighted by atomic mass is 32.1. The van der Waals surface area contributed by atoms with Gasteiger partial charge in [-0.05, 0) is 50.5 Å². The molecule has 106 valence electrons. The fourth-order valence-electron chi connectivity index (χ4n) is 3.21. The van der Waals surface area contributed by atoms with E-state index in [9.17, 15) is 10.1 Å². The summed E-state index contributed by atoms with van der Waals surface area (Å²) in [7, 11) is 0. The lowest BCUT2D eigenvalue weighted by Gasteiger charge is -2.24. The van der Waals surface area contributed by atoms with Crippen molar-refractivity contribution >= 4 is 22.2 Å². The summed E-state index contributed by atoms with van der Waals surface area (Å²) in [6.45, 7) is 0. The second-order valence-corrected chi connectivity index (χ2v) is 6.88. The highest BCUT2D eigenvalue weighted by Crippen LogP contribution is 2.39. The molecule has 1 fully saturated rings. The first-order valence-corrected chi connectivity index (χ1v) is 8.11. The van der Waals surface area contributed by atoms with Gasteiger partial charge in [-0.25, -0.2) is 0 Å². The molecule has 1 saturated carbocycles. The minimum absolute atomic E-state index is 0.0540. The SMILES string of the molecule is N#Cc1c(NC(=O)C2CCC(N)CC2)sc2c1CCC2. The average molecular weight is 289 g/mol. The normalized spacial score (nSPS) is 25.0. The molecule has 3 N–H and O–H groups in total. The fraction of sp³-hybridized carbons (Fsp3) is 0.600. The number of thiophene rings is 1. The predicted molar refractivity (Wildman–Crippen MR) is 79.6 cm³/mol. The lowest BCUT2D eigenvalue weighted by atomic mass is 9.86. The first-order valence-electron chi connectivity index (χ1n) is 7.30. The number of nitrogens with zero attached hydrogens (tertiary/aromatic N) is 1. The van der Waals surface area contributed by atoms with Crippen LogP contribution in [0.5, 0.6) is 0 Å². The number of anilines is 1. The molecular weight excluding hydrogens is 270 g/mol. The van der Waals surface area contributed by atoms with Gasteiger partial charge in [-0.3, -0.25) is 4.79 Å². The van der Waals surface area contributed by atoms with Gasteiger partial charge in [-0.2, -0.15) is 5.26 Å². The number of nitrogens with one attached hydrogen (secondary N) is 1. The molecule has 0 radical (unpaired) electrons. The fourth-order valence-corrected chi connectivity index (χ4v) is 4.45. The van der Waals surface area contributed by atoms with Gasteiger partial charge in [-0.1, -0.05) is 0 Å². The molecule has 0 spiro atoms. The van der Waals surface area contributed by atoms with Gasteiger partial charge in [0.15, 0.2) is 0 Å². The number of fused-ring (bicyclic) bond motifs is 1. The van der Waals surface area contributed by atoms with E-state index in [2.05, 4.69) is 11.4 Å². The van der Waals surface area contributed by atoms with Gasteiger partial charge < -0.3 is 11.1 Å². The quantitative estimate of drug-likeness (QED) is 0.878. The second-order valence-electron chi connectivity index (χ2n) is 5.77. The summed E-state index contributed by atoms with van der Waals surface area (Å²) in [4.78, 5) is 13.6. The molecule has 3 rings (SSSR count). The van der Waals surface area contributed by atoms with Crippen LogP contribution in [-0.4, -0.2) is 11.9 Å². The number of aryl methyl sites for hydroxylation is 1. The van der Waals surface area contributed by atoms with Gasteiger partial charge in [0, 0.05) is 16.8 Å². The van der Waals surface area contributed by atoms with Crippen molar-refractivity contribution in [3.63, 3.8) is 0 Å². The number of carbonyl (C=O) groups excluding carboxylic acids is 1. The van der Waals surface area contributed by atoms with Crippen LogP contribution in [0, 0.1) is 17.2 Å². The Labute approximate surface area is 123 Å². The van der Waals surface area contributed by atoms with Crippen molar-refractivity contribution in [3.8, 4) is 6.07 Å². The summed E-state index contributed by atoms with van der Waals surface area (Å²) in [5, 5.41) is 13.1. The van der Waals surface area contributed by atoms with E-state index < -0.39 is 0 Å². The van der Waals surface area contributed by atoms with Gasteiger partial charge in [-0.15, -0.1) is 11.3 Å². The van der Waals surface area contributed by atoms with Crippen LogP contribution < -0.4 is 11.1 Å². The standard InChI is InChI=1S/C15H19N3OS/c16-8-12-11-2-1-3-13(11)20-15(12)18-14(19)9-4-6-10(17)7-5-9/h9-10H,1-7,17H2,(H,18,19). The summed E-state index contributed by atoms with van der Waals surface area (Å²) in [5.41, 5.74) is 7.73. The van der Waals surface area contributed by atoms with E-state index in [1.165, 1.54) is 10.4 Å². The summed E-state index contributed by atoms with van der Waals surface area (Å²) >= 11 is 1.59. The lowest BCUT2D eigenvalue weighted by Crippen LogP contribution is -2.32. The van der Waals surface area contributed by atoms with E-state index in [1.54, 1.807) is 11.3 Å². The number of nitrogens with two attached hydrogens (primary N) is 1. The van der Waals surface area contributed by atoms with Crippen molar-refractivity contribution in [2.75, 3.05) is 5.32 Å². The Morgan fingerprint density at radius 1 is 1.30 bits per heavy atom. The maximum Gasteiger partial charge on any atom is 0.228 e. The monoisotopic (exact) mass is 289 g/mol. The van der Waals surface area contributed by atoms with Gasteiger partial charge >= 0.3 is 0 Å². The van der Waals surface area contributed by atoms with Crippen molar-refractivity contribution < 1.29 is 4.79 Å². The zero-order valence-corrected chi connectivity index (χ0v) is 12.3. The molecule has 0 aromatic carbocycles. The molecule has 2 aliphatic carbocycles. The second kappa shape index (κ2) is 5.55. The Kier molecular flexibility index (Phi) is 3.77. The zero-order valence-electron chi connectivity index (χ0n) is 11.4. The van der Waals surface area contributed by atoms with E-state index in [1.807, 2.05) is 0 Å². The predicted octanol–water partition coefficient (Wildman–Crippen LogP) is 2.56. The van der Waals surface area contributed by atoms with E-state index in [-0.39, 0.29) is 17.9 Å². The molecule has 1 amide bonds. The van der Waals surface area contributed by atoms with E-state index in [0.717, 1.165) is 49.9 Å². The lowest BCUT2D eigenvalue weighted by molar-refractivity contribution is -0.120. The number of hydrogen-bond acceptors (Lipinski definition) is 4. The Morgan fingerprint density at radius 3 is 2.75 bits per heavy atom. The minimum Gasteiger partial charge on any atom is -0.328 e. The molecule has 4 nitrogen and oxygen atoms in total. The topological polar surface area (TPSA) is 78.9 Å². The van der Waals surface area contributed by atoms with Crippen LogP contribution in [0.2, 0.25) is 0 Å². The third kappa shape index (κ3) is 2.46. The van der Waals surface area contributed by atoms with Crippen LogP contribution in [0.25, 0.3) is 0 Å². The summed E-state index contributed by atoms with van der Waals surface area (Å²) in [5.74, 6) is 0.117. The number of hydrogen-bond donors (Lipinski definition) is 2. The first-order chi connectivity index (χ1) is 9.69. The van der Waals surface area contributed by atoms with Crippen molar-refractivity contribution in [1.29, 1.82) is 5.26 Å². The van der Waals surface area contributed by atoms with Crippen LogP contribution >= 0.6 is 11.3 Å². The highest BCUT2D eigenvalue weighted by Gasteiger charge is 2.27. The molecule has 1 aromatic rings. The molecule has 0 aliphatic heterocycles. The van der Waals surface area contributed by atoms with Crippen LogP contribution in [0.1, 0.15) is 48.1 Å². The van der Waals surface area contributed by atoms with E-state index >= 15 is 0 Å². The molecule has 0 atom stereocenters. The Hall–Kier alpha value is -1.38. The average Bonchev–Trinajstić information content (AvgIpc) is 2.99. The maximum atomic E-state index is 12.3. The van der Waals surface area contributed by atoms with Crippen molar-refractivity contribution in [2.45, 2.75) is 51.0 Å². The number of nitriles is 1. The first kappa shape index (κ1) is 13.6. The number of amides is 1. The summed E-state index contributed by atoms with van der Waals surface area (Å²) in [6.07, 6.45) is 6.71. The van der Waals surface area contributed by atoms with Gasteiger partial charge in [0.2, 0.25) is 5.91 Å². The van der Waals surface area contributed by atoms with Crippen LogP contribution in [0.15, 0.2) is 0 Å². The summed E-state index contributed by atoms with van der Waals surface area (Å²) in [6, 6.07) is 2.52. The molecule has 0 saturated heterocycles. The number of rotatable bonds is 2. The third-order valence-corrected chi connectivity index (χ3v) is 5.62. The van der Waals surface area contributed by atoms with E-state index in [0.29, 0.717) is 5.56 Å². The van der Waals surface area contributed by atoms with Crippen molar-refractivity contribution in [2.24, 2.45) is 11.7 Å². The van der Waals surface area contributed by atoms with Gasteiger partial charge in [0.25, 0.3) is 0 Å². The molecular formula is C15H19N3OS. The number of carbonyl (C=O) groups is 1. The van der Waals surface area contributed by atoms with Crippen LogP contribution in [0.4, 0.5) is 5.00 Å². The Morgan fingerprint density at radius 2 is 2.05 bits per heavy atom. The van der Waals surface area contributed by atoms with Crippen LogP contribution in [-0.2, 0) is 17.6 Å². The largest absolute Gasteiger partial charge is 0.328 e. The minimum atomic E-state index is 0.0540. The zero-order chi connectivity index (χ0) is 14.1. The Bertz CT molecular complexity index is 564. The summed E-state index contributed by atoms with van der Waals surface area (Å²) < 4.78 is 0. The van der Waals surface area contributed by atoms with Gasteiger partial charge in [0.05, 0.1) is 5.56 Å². The molecule has 20 heavy (non-hydrogen) atoms. The van der Waals surface area contributed by atoms with Crippen LogP contribution in [0.3, 0.4) is 0 Å². The molecule has 2 aliphatic rings. The molecule has 1 aromatic heterocycles. The maximum absolute atomic E-state index is 12.3. The third-order valence-electron chi connectivity index (χ3n) is 4.41. The van der Waals surface area contributed by atoms with E-state index in [4.69, 9.17) is 5.73 Å². The van der Waals surface area contributed by atoms with Crippen molar-refractivity contribution in [1.82, 2.24) is 0 Å². The molecule has 0 unspecified atom stereocenters. The smallest absolute Gasteiger partial charge is 0.228 e. The molecule has 5 heteroatoms. The van der Waals surface area contributed by atoms with Gasteiger partial charge in [0.1, 0.15) is 11.1 Å². The highest BCUT2D eigenvalue weighted by molar-refractivity contribution is 7.16. The molecule has 0 bridgehead atoms. The Balaban J connectivity index is 1.72. The molecule has 1 heterocycles.